The highest BCUT2D eigenvalue weighted by Crippen LogP contribution is 2.30. The number of hydrogen-bond donors (Lipinski definition) is 0. The third-order valence-corrected chi connectivity index (χ3v) is 6.06. The van der Waals surface area contributed by atoms with E-state index < -0.39 is 35.9 Å². The van der Waals surface area contributed by atoms with Gasteiger partial charge in [-0.05, 0) is 57.6 Å². The highest BCUT2D eigenvalue weighted by Gasteiger charge is 2.46. The Balaban J connectivity index is 1.83. The zero-order chi connectivity index (χ0) is 25.6. The third-order valence-electron chi connectivity index (χ3n) is 6.06. The monoisotopic (exact) mass is 490 g/mol. The van der Waals surface area contributed by atoms with E-state index in [0.29, 0.717) is 12.8 Å². The molecule has 0 aromatic heterocycles. The van der Waals surface area contributed by atoms with Gasteiger partial charge in [0.15, 0.2) is 0 Å². The van der Waals surface area contributed by atoms with Crippen molar-refractivity contribution in [2.45, 2.75) is 70.3 Å². The summed E-state index contributed by atoms with van der Waals surface area (Å²) in [6.07, 6.45) is -4.18. The summed E-state index contributed by atoms with van der Waals surface area (Å²) in [6, 6.07) is 17.6. The molecular formula is C27H33F3N2O3. The molecular weight excluding hydrogens is 457 g/mol. The number of likely N-dealkylation sites (tertiary alicyclic amines) is 1. The fraction of sp³-hybridized carbons (Fsp3) is 0.481. The first kappa shape index (κ1) is 26.6. The Morgan fingerprint density at radius 1 is 0.971 bits per heavy atom. The van der Waals surface area contributed by atoms with E-state index in [9.17, 15) is 22.8 Å². The summed E-state index contributed by atoms with van der Waals surface area (Å²) in [5.41, 5.74) is 1.13. The molecule has 190 valence electrons. The number of hydrogen-bond acceptors (Lipinski definition) is 3. The van der Waals surface area contributed by atoms with Gasteiger partial charge in [0.25, 0.3) is 0 Å². The maximum absolute atomic E-state index is 13.5. The minimum Gasteiger partial charge on any atom is -0.444 e. The molecule has 0 unspecified atom stereocenters. The molecule has 1 heterocycles. The van der Waals surface area contributed by atoms with Crippen LogP contribution in [0.1, 0.15) is 44.7 Å². The smallest absolute Gasteiger partial charge is 0.444 e. The molecule has 8 heteroatoms. The van der Waals surface area contributed by atoms with Crippen LogP contribution in [0.4, 0.5) is 18.0 Å². The Labute approximate surface area is 204 Å². The van der Waals surface area contributed by atoms with E-state index in [-0.39, 0.29) is 25.9 Å². The lowest BCUT2D eigenvalue weighted by Gasteiger charge is -2.44. The predicted molar refractivity (Wildman–Crippen MR) is 128 cm³/mol. The summed E-state index contributed by atoms with van der Waals surface area (Å²) in [5.74, 6) is -1.83. The van der Waals surface area contributed by atoms with Crippen molar-refractivity contribution >= 4 is 12.0 Å². The lowest BCUT2D eigenvalue weighted by Crippen LogP contribution is -2.56. The van der Waals surface area contributed by atoms with Gasteiger partial charge in [-0.2, -0.15) is 13.2 Å². The van der Waals surface area contributed by atoms with Gasteiger partial charge in [0, 0.05) is 25.2 Å². The van der Waals surface area contributed by atoms with Crippen molar-refractivity contribution in [3.05, 3.63) is 71.8 Å². The molecule has 0 bridgehead atoms. The number of amides is 2. The average molecular weight is 491 g/mol. The van der Waals surface area contributed by atoms with E-state index in [2.05, 4.69) is 0 Å². The van der Waals surface area contributed by atoms with Gasteiger partial charge in [0.2, 0.25) is 0 Å². The van der Waals surface area contributed by atoms with Crippen LogP contribution in [0.5, 0.6) is 0 Å². The normalized spacial score (nSPS) is 18.7. The van der Waals surface area contributed by atoms with Crippen molar-refractivity contribution in [1.82, 2.24) is 9.80 Å². The number of halogens is 3. The fourth-order valence-corrected chi connectivity index (χ4v) is 4.46. The van der Waals surface area contributed by atoms with E-state index in [0.717, 1.165) is 16.0 Å². The van der Waals surface area contributed by atoms with E-state index in [1.807, 2.05) is 60.7 Å². The van der Waals surface area contributed by atoms with Crippen molar-refractivity contribution in [2.24, 2.45) is 0 Å². The van der Waals surface area contributed by atoms with Crippen LogP contribution >= 0.6 is 0 Å². The lowest BCUT2D eigenvalue weighted by atomic mass is 9.91. The molecule has 3 rings (SSSR count). The Morgan fingerprint density at radius 2 is 1.54 bits per heavy atom. The van der Waals surface area contributed by atoms with Crippen LogP contribution in [-0.4, -0.2) is 58.8 Å². The Hall–Kier alpha value is -3.03. The second-order valence-corrected chi connectivity index (χ2v) is 9.93. The topological polar surface area (TPSA) is 49.9 Å². The number of rotatable bonds is 6. The van der Waals surface area contributed by atoms with Gasteiger partial charge in [-0.3, -0.25) is 4.79 Å². The van der Waals surface area contributed by atoms with E-state index in [1.54, 1.807) is 25.7 Å². The second-order valence-electron chi connectivity index (χ2n) is 9.93. The number of alkyl halides is 3. The van der Waals surface area contributed by atoms with Crippen LogP contribution < -0.4 is 0 Å². The molecule has 1 saturated heterocycles. The van der Waals surface area contributed by atoms with Crippen molar-refractivity contribution in [3.63, 3.8) is 0 Å². The maximum atomic E-state index is 13.5. The Morgan fingerprint density at radius 3 is 2.09 bits per heavy atom. The number of carbonyl (C=O) groups is 2. The molecule has 2 amide bonds. The van der Waals surface area contributed by atoms with Crippen LogP contribution in [-0.2, 0) is 22.4 Å². The van der Waals surface area contributed by atoms with Crippen LogP contribution in [0.3, 0.4) is 0 Å². The quantitative estimate of drug-likeness (QED) is 0.527. The molecule has 1 fully saturated rings. The van der Waals surface area contributed by atoms with Gasteiger partial charge in [-0.1, -0.05) is 60.7 Å². The van der Waals surface area contributed by atoms with Gasteiger partial charge in [0.05, 0.1) is 0 Å². The average Bonchev–Trinajstić information content (AvgIpc) is 2.79. The van der Waals surface area contributed by atoms with Crippen LogP contribution in [0, 0.1) is 0 Å². The number of nitrogens with zero attached hydrogens (tertiary/aromatic N) is 2. The van der Waals surface area contributed by atoms with Crippen LogP contribution in [0.2, 0.25) is 0 Å². The molecule has 1 aliphatic heterocycles. The number of ether oxygens (including phenoxy) is 1. The SMILES string of the molecule is CC(C)(C)OC(=O)N1CC[C@H](N(CCc2ccccc2)C(=O)C(F)(F)F)C[C@H]1Cc1ccccc1. The lowest BCUT2D eigenvalue weighted by molar-refractivity contribution is -0.189. The van der Waals surface area contributed by atoms with Gasteiger partial charge < -0.3 is 14.5 Å². The number of piperidine rings is 1. The second kappa shape index (κ2) is 11.1. The molecule has 2 atom stereocenters. The first-order valence-electron chi connectivity index (χ1n) is 11.9. The summed E-state index contributed by atoms with van der Waals surface area (Å²) in [4.78, 5) is 27.9. The van der Waals surface area contributed by atoms with Gasteiger partial charge >= 0.3 is 18.2 Å². The predicted octanol–water partition coefficient (Wildman–Crippen LogP) is 5.63. The summed E-state index contributed by atoms with van der Waals surface area (Å²) in [6.45, 7) is 5.49. The van der Waals surface area contributed by atoms with Gasteiger partial charge in [-0.15, -0.1) is 0 Å². The molecule has 1 aliphatic rings. The van der Waals surface area contributed by atoms with Crippen molar-refractivity contribution in [3.8, 4) is 0 Å². The van der Waals surface area contributed by atoms with E-state index in [1.165, 1.54) is 0 Å². The van der Waals surface area contributed by atoms with Crippen LogP contribution in [0.15, 0.2) is 60.7 Å². The van der Waals surface area contributed by atoms with Crippen molar-refractivity contribution in [1.29, 1.82) is 0 Å². The Bertz CT molecular complexity index is 975. The largest absolute Gasteiger partial charge is 0.471 e. The standard InChI is InChI=1S/C27H33F3N2O3/c1-26(2,3)35-25(34)32-17-15-22(19-23(32)18-21-12-8-5-9-13-21)31(24(33)27(28,29)30)16-14-20-10-6-4-7-11-20/h4-13,22-23H,14-19H2,1-3H3/t22-,23+/m0/s1. The highest BCUT2D eigenvalue weighted by atomic mass is 19.4. The van der Waals surface area contributed by atoms with Crippen molar-refractivity contribution in [2.75, 3.05) is 13.1 Å². The fourth-order valence-electron chi connectivity index (χ4n) is 4.46. The van der Waals surface area contributed by atoms with E-state index >= 15 is 0 Å². The zero-order valence-corrected chi connectivity index (χ0v) is 20.4. The molecule has 35 heavy (non-hydrogen) atoms. The summed E-state index contributed by atoms with van der Waals surface area (Å²) in [7, 11) is 0. The summed E-state index contributed by atoms with van der Waals surface area (Å²) in [5, 5.41) is 0. The van der Waals surface area contributed by atoms with Gasteiger partial charge in [-0.25, -0.2) is 4.79 Å². The molecule has 0 radical (unpaired) electrons. The minimum atomic E-state index is -4.96. The Kier molecular flexibility index (Phi) is 8.46. The van der Waals surface area contributed by atoms with Gasteiger partial charge in [0.1, 0.15) is 5.60 Å². The maximum Gasteiger partial charge on any atom is 0.471 e. The van der Waals surface area contributed by atoms with Crippen LogP contribution in [0.25, 0.3) is 0 Å². The number of benzene rings is 2. The van der Waals surface area contributed by atoms with E-state index in [4.69, 9.17) is 4.74 Å². The molecule has 0 aliphatic carbocycles. The first-order chi connectivity index (χ1) is 16.4. The summed E-state index contributed by atoms with van der Waals surface area (Å²) >= 11 is 0. The zero-order valence-electron chi connectivity index (χ0n) is 20.4. The molecule has 5 nitrogen and oxygen atoms in total. The molecule has 0 spiro atoms. The molecule has 0 N–H and O–H groups in total. The third kappa shape index (κ3) is 7.73. The number of carbonyl (C=O) groups excluding carboxylic acids is 2. The summed E-state index contributed by atoms with van der Waals surface area (Å²) < 4.78 is 46.2. The molecule has 0 saturated carbocycles. The molecule has 2 aromatic rings. The highest BCUT2D eigenvalue weighted by molar-refractivity contribution is 5.82. The minimum absolute atomic E-state index is 0.0441. The molecule has 2 aromatic carbocycles. The van der Waals surface area contributed by atoms with Crippen molar-refractivity contribution < 1.29 is 27.5 Å². The first-order valence-corrected chi connectivity index (χ1v) is 11.9.